The van der Waals surface area contributed by atoms with Crippen molar-refractivity contribution < 1.29 is 37.3 Å². The van der Waals surface area contributed by atoms with Crippen molar-refractivity contribution in [3.05, 3.63) is 97.2 Å². The highest BCUT2D eigenvalue weighted by Gasteiger charge is 2.30. The Morgan fingerprint density at radius 3 is 1.27 bits per heavy atom. The number of hydrogen-bond acceptors (Lipinski definition) is 6. The highest BCUT2D eigenvalue weighted by atomic mass is 31.2. The van der Waals surface area contributed by atoms with Gasteiger partial charge in [0.25, 0.3) is 0 Å². The van der Waals surface area contributed by atoms with Gasteiger partial charge in [0.05, 0.1) is 33.8 Å². The molecule has 0 aliphatic carbocycles. The largest absolute Gasteiger partial charge is 0.472 e. The van der Waals surface area contributed by atoms with Crippen LogP contribution in [0.3, 0.4) is 0 Å². The molecule has 1 amide bonds. The Morgan fingerprint density at radius 2 is 0.823 bits per heavy atom. The molecule has 0 aromatic rings. The molecule has 0 spiro atoms. The second-order valence-electron chi connectivity index (χ2n) is 22.9. The number of rotatable bonds is 58. The minimum Gasteiger partial charge on any atom is -0.456 e. The van der Waals surface area contributed by atoms with E-state index in [-0.39, 0.29) is 37.9 Å². The third kappa shape index (κ3) is 59.4. The van der Waals surface area contributed by atoms with Gasteiger partial charge in [0.1, 0.15) is 19.3 Å². The number of unbranched alkanes of at least 4 members (excludes halogenated alkanes) is 28. The lowest BCUT2D eigenvalue weighted by Gasteiger charge is -2.27. The summed E-state index contributed by atoms with van der Waals surface area (Å²) in [7, 11) is 1.45. The normalized spacial score (nSPS) is 14.3. The summed E-state index contributed by atoms with van der Waals surface area (Å²) in [6.07, 6.45) is 78.6. The van der Waals surface area contributed by atoms with Gasteiger partial charge in [-0.05, 0) is 102 Å². The number of carbonyl (C=O) groups is 2. The fourth-order valence-corrected chi connectivity index (χ4v) is 9.74. The quantitative estimate of drug-likeness (QED) is 0.0205. The number of esters is 1. The lowest BCUT2D eigenvalue weighted by Crippen LogP contribution is -2.47. The zero-order chi connectivity index (χ0) is 57.9. The summed E-state index contributed by atoms with van der Waals surface area (Å²) in [4.78, 5) is 37.7. The minimum atomic E-state index is -4.47. The van der Waals surface area contributed by atoms with Gasteiger partial charge in [0.15, 0.2) is 0 Å². The van der Waals surface area contributed by atoms with Crippen LogP contribution in [0.5, 0.6) is 0 Å². The summed E-state index contributed by atoms with van der Waals surface area (Å²) in [6.45, 7) is 6.83. The van der Waals surface area contributed by atoms with Crippen LogP contribution in [0, 0.1) is 0 Å². The third-order valence-electron chi connectivity index (χ3n) is 14.0. The maximum absolute atomic E-state index is 13.5. The number of carbonyl (C=O) groups excluding carboxylic acids is 2. The molecule has 456 valence electrons. The summed E-state index contributed by atoms with van der Waals surface area (Å²) in [5.41, 5.74) is 0. The van der Waals surface area contributed by atoms with Gasteiger partial charge in [0.2, 0.25) is 5.91 Å². The summed E-state index contributed by atoms with van der Waals surface area (Å²) in [6, 6.07) is -0.882. The van der Waals surface area contributed by atoms with Crippen LogP contribution in [-0.4, -0.2) is 74.3 Å². The Bertz CT molecular complexity index is 1670. The number of allylic oxidation sites excluding steroid dienone is 15. The third-order valence-corrected chi connectivity index (χ3v) is 15.0. The smallest absolute Gasteiger partial charge is 0.456 e. The monoisotopic (exact) mass is 1120 g/mol. The summed E-state index contributed by atoms with van der Waals surface area (Å²) in [5.74, 6) is -0.573. The molecule has 0 aliphatic rings. The van der Waals surface area contributed by atoms with Crippen molar-refractivity contribution in [1.29, 1.82) is 0 Å². The van der Waals surface area contributed by atoms with E-state index in [1.807, 2.05) is 33.3 Å². The Hall–Kier alpha value is -3.07. The summed E-state index contributed by atoms with van der Waals surface area (Å²) < 4.78 is 30.7. The van der Waals surface area contributed by atoms with Crippen molar-refractivity contribution in [3.63, 3.8) is 0 Å². The molecule has 0 heterocycles. The average molecular weight is 1120 g/mol. The second-order valence-corrected chi connectivity index (χ2v) is 24.4. The topological polar surface area (TPSA) is 111 Å². The number of likely N-dealkylation sites (N-methyl/N-ethyl adjacent to an activating group) is 1. The van der Waals surface area contributed by atoms with Gasteiger partial charge >= 0.3 is 13.8 Å². The molecule has 3 atom stereocenters. The van der Waals surface area contributed by atoms with Crippen molar-refractivity contribution in [3.8, 4) is 0 Å². The molecule has 79 heavy (non-hydrogen) atoms. The molecule has 0 fully saturated rings. The van der Waals surface area contributed by atoms with E-state index < -0.39 is 20.0 Å². The van der Waals surface area contributed by atoms with Crippen LogP contribution in [0.25, 0.3) is 0 Å². The molecule has 0 saturated heterocycles. The second kappa shape index (κ2) is 58.1. The van der Waals surface area contributed by atoms with Gasteiger partial charge in [-0.2, -0.15) is 0 Å². The van der Waals surface area contributed by atoms with Crippen LogP contribution < -0.4 is 5.32 Å². The van der Waals surface area contributed by atoms with Gasteiger partial charge in [-0.15, -0.1) is 0 Å². The van der Waals surface area contributed by atoms with E-state index in [9.17, 15) is 19.0 Å². The van der Waals surface area contributed by atoms with Crippen LogP contribution in [0.2, 0.25) is 0 Å². The maximum atomic E-state index is 13.5. The zero-order valence-electron chi connectivity index (χ0n) is 52.1. The Labute approximate surface area is 488 Å². The van der Waals surface area contributed by atoms with Crippen LogP contribution >= 0.6 is 7.82 Å². The molecule has 3 unspecified atom stereocenters. The van der Waals surface area contributed by atoms with Gasteiger partial charge in [-0.3, -0.25) is 18.6 Å². The van der Waals surface area contributed by atoms with Gasteiger partial charge < -0.3 is 19.4 Å². The first-order chi connectivity index (χ1) is 38.4. The number of hydrogen-bond donors (Lipinski definition) is 2. The lowest BCUT2D eigenvalue weighted by atomic mass is 10.0. The van der Waals surface area contributed by atoms with Crippen molar-refractivity contribution in [2.75, 3.05) is 40.9 Å². The zero-order valence-corrected chi connectivity index (χ0v) is 53.0. The molecule has 0 aromatic heterocycles. The van der Waals surface area contributed by atoms with Crippen LogP contribution in [0.4, 0.5) is 0 Å². The van der Waals surface area contributed by atoms with E-state index >= 15 is 0 Å². The van der Waals surface area contributed by atoms with E-state index in [4.69, 9.17) is 13.8 Å². The van der Waals surface area contributed by atoms with E-state index in [0.29, 0.717) is 17.4 Å². The fraction of sp³-hybridized carbons (Fsp3) is 0.739. The van der Waals surface area contributed by atoms with Gasteiger partial charge in [-0.25, -0.2) is 4.57 Å². The molecule has 2 N–H and O–H groups in total. The highest BCUT2D eigenvalue weighted by molar-refractivity contribution is 7.47. The first kappa shape index (κ1) is 75.9. The number of ether oxygens (including phenoxy) is 1. The molecule has 0 rings (SSSR count). The highest BCUT2D eigenvalue weighted by Crippen LogP contribution is 2.43. The summed E-state index contributed by atoms with van der Waals surface area (Å²) >= 11 is 0. The molecular formula is C69H124N2O7P+. The Morgan fingerprint density at radius 1 is 0.456 bits per heavy atom. The van der Waals surface area contributed by atoms with E-state index in [0.717, 1.165) is 83.5 Å². The molecular weight excluding hydrogens is 1000 g/mol. The predicted molar refractivity (Wildman–Crippen MR) is 341 cm³/mol. The lowest BCUT2D eigenvalue weighted by molar-refractivity contribution is -0.870. The first-order valence-corrected chi connectivity index (χ1v) is 34.1. The standard InChI is InChI=1S/C69H123N2O7P/c1-7-10-13-16-19-22-25-27-29-31-32-33-34-35-36-37-38-40-42-44-47-50-53-56-59-62-69(73)78-67(60-57-54-51-48-45-24-21-18-15-12-9-3)66(65-77-79(74,75)76-64-63-71(4,5)6)70-68(72)61-58-55-52-49-46-43-41-39-30-28-26-23-20-17-14-11-8-2/h11,14,19-20,22-23,27-30,41,43,49,52,57,60,66-67H,7-10,12-13,15-18,21,24-26,31-40,42,44-48,50-51,53-56,58-59,61-65H2,1-6H3,(H-,70,72,74,75)/p+1/b14-11-,22-19-,23-20-,29-27-,30-28-,43-41-,52-49-,60-57-. The number of quaternary nitrogens is 1. The SMILES string of the molecule is CC/C=C\C/C=C\C/C=C\C/C=C\C/C=C\CCCC(=O)NC(COP(=O)(O)OCC[N+](C)(C)C)C(/C=C\CCCCCCCCCCC)OC(=O)CCCCCCCCCCCCCCCCC/C=C\C/C=C\CCCCC. The predicted octanol–water partition coefficient (Wildman–Crippen LogP) is 20.3. The molecule has 0 radical (unpaired) electrons. The first-order valence-electron chi connectivity index (χ1n) is 32.6. The van der Waals surface area contributed by atoms with Crippen molar-refractivity contribution >= 4 is 19.7 Å². The minimum absolute atomic E-state index is 0.0261. The molecule has 0 aromatic carbocycles. The van der Waals surface area contributed by atoms with Crippen LogP contribution in [0.1, 0.15) is 278 Å². The molecule has 0 bridgehead atoms. The number of nitrogens with zero attached hydrogens (tertiary/aromatic N) is 1. The number of phosphoric ester groups is 1. The van der Waals surface area contributed by atoms with Crippen LogP contribution in [0.15, 0.2) is 97.2 Å². The van der Waals surface area contributed by atoms with Crippen molar-refractivity contribution in [2.24, 2.45) is 0 Å². The number of amides is 1. The molecule has 0 aliphatic heterocycles. The molecule has 9 nitrogen and oxygen atoms in total. The molecule has 10 heteroatoms. The molecule has 0 saturated carbocycles. The van der Waals surface area contributed by atoms with Crippen LogP contribution in [-0.2, 0) is 27.9 Å². The average Bonchev–Trinajstić information content (AvgIpc) is 3.41. The Kier molecular flexibility index (Phi) is 55.9. The Balaban J connectivity index is 5.15. The van der Waals surface area contributed by atoms with E-state index in [1.165, 1.54) is 154 Å². The van der Waals surface area contributed by atoms with Crippen molar-refractivity contribution in [2.45, 2.75) is 290 Å². The van der Waals surface area contributed by atoms with E-state index in [2.05, 4.69) is 111 Å². The number of phosphoric acid groups is 1. The fourth-order valence-electron chi connectivity index (χ4n) is 9.01. The number of nitrogens with one attached hydrogen (secondary N) is 1. The maximum Gasteiger partial charge on any atom is 0.472 e. The summed E-state index contributed by atoms with van der Waals surface area (Å²) in [5, 5.41) is 3.02. The van der Waals surface area contributed by atoms with Crippen molar-refractivity contribution in [1.82, 2.24) is 5.32 Å². The van der Waals surface area contributed by atoms with Gasteiger partial charge in [0, 0.05) is 12.8 Å². The van der Waals surface area contributed by atoms with E-state index in [1.54, 1.807) is 0 Å². The van der Waals surface area contributed by atoms with Gasteiger partial charge in [-0.1, -0.05) is 260 Å².